The summed E-state index contributed by atoms with van der Waals surface area (Å²) in [6.07, 6.45) is 4.11. The summed E-state index contributed by atoms with van der Waals surface area (Å²) < 4.78 is 5.51. The molecule has 2 aromatic rings. The van der Waals surface area contributed by atoms with Crippen LogP contribution in [0.15, 0.2) is 58.9 Å². The molecule has 0 fully saturated rings. The van der Waals surface area contributed by atoms with Crippen molar-refractivity contribution in [2.24, 2.45) is 0 Å². The van der Waals surface area contributed by atoms with Crippen molar-refractivity contribution >= 4 is 23.6 Å². The van der Waals surface area contributed by atoms with E-state index in [1.54, 1.807) is 12.1 Å². The predicted molar refractivity (Wildman–Crippen MR) is 97.8 cm³/mol. The van der Waals surface area contributed by atoms with Crippen LogP contribution in [-0.4, -0.2) is 17.5 Å². The minimum Gasteiger partial charge on any atom is -0.504 e. The molecule has 1 aliphatic heterocycles. The Labute approximate surface area is 145 Å². The molecule has 0 bridgehead atoms. The molecule has 0 saturated heterocycles. The first-order valence-electron chi connectivity index (χ1n) is 7.77. The van der Waals surface area contributed by atoms with Gasteiger partial charge in [0, 0.05) is 16.0 Å². The summed E-state index contributed by atoms with van der Waals surface area (Å²) in [5.41, 5.74) is 2.30. The summed E-state index contributed by atoms with van der Waals surface area (Å²) in [5.74, 6) is 0.594. The Morgan fingerprint density at radius 1 is 1.29 bits per heavy atom. The maximum atomic E-state index is 12.5. The Balaban J connectivity index is 2.01. The number of hydrogen-bond donors (Lipinski definition) is 1. The molecular weight excluding hydrogens is 320 g/mol. The van der Waals surface area contributed by atoms with Crippen molar-refractivity contribution in [1.29, 1.82) is 0 Å². The van der Waals surface area contributed by atoms with Crippen LogP contribution in [-0.2, 0) is 6.42 Å². The maximum Gasteiger partial charge on any atom is 0.200 e. The minimum atomic E-state index is 0.0342. The van der Waals surface area contributed by atoms with E-state index in [-0.39, 0.29) is 11.5 Å². The molecule has 1 N–H and O–H groups in total. The number of phenolic OH excluding ortho intramolecular Hbond substituents is 1. The number of fused-ring (bicyclic) bond motifs is 1. The molecular formula is C20H18O3S. The van der Waals surface area contributed by atoms with E-state index in [4.69, 9.17) is 4.74 Å². The summed E-state index contributed by atoms with van der Waals surface area (Å²) in [5, 5.41) is 10.3. The second-order valence-corrected chi connectivity index (χ2v) is 6.47. The molecule has 0 aliphatic carbocycles. The SMILES string of the molecule is C=CCc1cc(C=C2Sc3ccccc3C2=O)cc(OCC)c1O. The topological polar surface area (TPSA) is 46.5 Å². The maximum absolute atomic E-state index is 12.5. The average Bonchev–Trinajstić information content (AvgIpc) is 2.89. The molecule has 0 spiro atoms. The smallest absolute Gasteiger partial charge is 0.200 e. The first-order valence-corrected chi connectivity index (χ1v) is 8.58. The third-order valence-electron chi connectivity index (χ3n) is 3.71. The lowest BCUT2D eigenvalue weighted by atomic mass is 10.0. The molecule has 0 saturated carbocycles. The number of hydrogen-bond acceptors (Lipinski definition) is 4. The Hall–Kier alpha value is -2.46. The van der Waals surface area contributed by atoms with E-state index in [9.17, 15) is 9.90 Å². The van der Waals surface area contributed by atoms with Gasteiger partial charge in [-0.1, -0.05) is 30.0 Å². The third-order valence-corrected chi connectivity index (χ3v) is 4.81. The number of phenols is 1. The fourth-order valence-corrected chi connectivity index (χ4v) is 3.69. The van der Waals surface area contributed by atoms with E-state index < -0.39 is 0 Å². The van der Waals surface area contributed by atoms with Gasteiger partial charge < -0.3 is 9.84 Å². The highest BCUT2D eigenvalue weighted by Crippen LogP contribution is 2.41. The standard InChI is InChI=1S/C20H18O3S/c1-3-7-14-10-13(11-16(19(14)21)23-4-2)12-18-20(22)15-8-5-6-9-17(15)24-18/h3,5-6,8-12,21H,1,4,7H2,2H3. The fraction of sp³-hybridized carbons (Fsp3) is 0.150. The lowest BCUT2D eigenvalue weighted by Crippen LogP contribution is -1.97. The van der Waals surface area contributed by atoms with Crippen molar-refractivity contribution in [2.45, 2.75) is 18.2 Å². The number of aromatic hydroxyl groups is 1. The van der Waals surface area contributed by atoms with Crippen LogP contribution in [0.25, 0.3) is 6.08 Å². The van der Waals surface area contributed by atoms with Crippen LogP contribution in [0.2, 0.25) is 0 Å². The molecule has 122 valence electrons. The van der Waals surface area contributed by atoms with Gasteiger partial charge in [-0.3, -0.25) is 4.79 Å². The number of ketones is 1. The van der Waals surface area contributed by atoms with Crippen molar-refractivity contribution in [2.75, 3.05) is 6.61 Å². The van der Waals surface area contributed by atoms with Crippen LogP contribution in [0.3, 0.4) is 0 Å². The largest absolute Gasteiger partial charge is 0.504 e. The van der Waals surface area contributed by atoms with E-state index in [1.165, 1.54) is 11.8 Å². The lowest BCUT2D eigenvalue weighted by Gasteiger charge is -2.11. The highest BCUT2D eigenvalue weighted by molar-refractivity contribution is 8.04. The number of carbonyl (C=O) groups excluding carboxylic acids is 1. The molecule has 0 amide bonds. The van der Waals surface area contributed by atoms with Gasteiger partial charge in [0.25, 0.3) is 0 Å². The fourth-order valence-electron chi connectivity index (χ4n) is 2.64. The molecule has 1 heterocycles. The molecule has 1 aliphatic rings. The molecule has 2 aromatic carbocycles. The molecule has 0 radical (unpaired) electrons. The monoisotopic (exact) mass is 338 g/mol. The number of allylic oxidation sites excluding steroid dienone is 2. The molecule has 3 nitrogen and oxygen atoms in total. The van der Waals surface area contributed by atoms with E-state index in [0.717, 1.165) is 21.6 Å². The van der Waals surface area contributed by atoms with Crippen molar-refractivity contribution in [3.63, 3.8) is 0 Å². The third kappa shape index (κ3) is 3.10. The van der Waals surface area contributed by atoms with Crippen LogP contribution < -0.4 is 4.74 Å². The van der Waals surface area contributed by atoms with Crippen molar-refractivity contribution in [1.82, 2.24) is 0 Å². The Kier molecular flexibility index (Phi) is 4.76. The Morgan fingerprint density at radius 3 is 2.79 bits per heavy atom. The number of carbonyl (C=O) groups is 1. The Bertz CT molecular complexity index is 837. The van der Waals surface area contributed by atoms with E-state index in [2.05, 4.69) is 6.58 Å². The van der Waals surface area contributed by atoms with E-state index in [0.29, 0.717) is 23.7 Å². The summed E-state index contributed by atoms with van der Waals surface area (Å²) in [7, 11) is 0. The highest BCUT2D eigenvalue weighted by Gasteiger charge is 2.25. The lowest BCUT2D eigenvalue weighted by molar-refractivity contribution is 0.104. The Morgan fingerprint density at radius 2 is 2.08 bits per heavy atom. The first-order chi connectivity index (χ1) is 11.6. The van der Waals surface area contributed by atoms with Crippen molar-refractivity contribution in [3.8, 4) is 11.5 Å². The zero-order valence-corrected chi connectivity index (χ0v) is 14.2. The number of thioether (sulfide) groups is 1. The first kappa shape index (κ1) is 16.4. The molecule has 4 heteroatoms. The average molecular weight is 338 g/mol. The van der Waals surface area contributed by atoms with Gasteiger partial charge in [-0.2, -0.15) is 0 Å². The van der Waals surface area contributed by atoms with Gasteiger partial charge in [-0.05, 0) is 49.2 Å². The highest BCUT2D eigenvalue weighted by atomic mass is 32.2. The van der Waals surface area contributed by atoms with Gasteiger partial charge >= 0.3 is 0 Å². The van der Waals surface area contributed by atoms with Gasteiger partial charge in [0.05, 0.1) is 11.5 Å². The number of rotatable bonds is 5. The van der Waals surface area contributed by atoms with Gasteiger partial charge in [0.2, 0.25) is 5.78 Å². The number of ether oxygens (including phenoxy) is 1. The van der Waals surface area contributed by atoms with Crippen molar-refractivity contribution in [3.05, 3.63) is 70.6 Å². The van der Waals surface area contributed by atoms with Crippen LogP contribution in [0.4, 0.5) is 0 Å². The summed E-state index contributed by atoms with van der Waals surface area (Å²) in [4.78, 5) is 14.2. The van der Waals surface area contributed by atoms with E-state index in [1.807, 2.05) is 43.3 Å². The predicted octanol–water partition coefficient (Wildman–Crippen LogP) is 4.85. The normalized spacial score (nSPS) is 14.7. The van der Waals surface area contributed by atoms with Crippen LogP contribution in [0.1, 0.15) is 28.4 Å². The summed E-state index contributed by atoms with van der Waals surface area (Å²) in [6, 6.07) is 11.2. The van der Waals surface area contributed by atoms with Gasteiger partial charge in [0.15, 0.2) is 11.5 Å². The second kappa shape index (κ2) is 6.97. The number of benzene rings is 2. The van der Waals surface area contributed by atoms with Crippen LogP contribution in [0, 0.1) is 0 Å². The zero-order valence-electron chi connectivity index (χ0n) is 13.4. The van der Waals surface area contributed by atoms with Gasteiger partial charge in [0.1, 0.15) is 0 Å². The van der Waals surface area contributed by atoms with Crippen LogP contribution >= 0.6 is 11.8 Å². The van der Waals surface area contributed by atoms with Gasteiger partial charge in [-0.25, -0.2) is 0 Å². The minimum absolute atomic E-state index is 0.0342. The number of Topliss-reactive ketones (excluding diaryl/α,β-unsaturated/α-hetero) is 1. The molecule has 0 aromatic heterocycles. The second-order valence-electron chi connectivity index (χ2n) is 5.39. The molecule has 0 unspecified atom stereocenters. The van der Waals surface area contributed by atoms with Crippen molar-refractivity contribution < 1.29 is 14.6 Å². The summed E-state index contributed by atoms with van der Waals surface area (Å²) >= 11 is 1.47. The zero-order chi connectivity index (χ0) is 17.1. The van der Waals surface area contributed by atoms with Crippen LogP contribution in [0.5, 0.6) is 11.5 Å². The van der Waals surface area contributed by atoms with E-state index >= 15 is 0 Å². The molecule has 24 heavy (non-hydrogen) atoms. The molecule has 3 rings (SSSR count). The summed E-state index contributed by atoms with van der Waals surface area (Å²) in [6.45, 7) is 6.04. The molecule has 0 atom stereocenters. The quantitative estimate of drug-likeness (QED) is 0.625. The van der Waals surface area contributed by atoms with Gasteiger partial charge in [-0.15, -0.1) is 6.58 Å².